The molecule has 1 heterocycles. The fraction of sp³-hybridized carbons (Fsp3) is 0.0667. The number of rotatable bonds is 2. The van der Waals surface area contributed by atoms with E-state index in [0.29, 0.717) is 21.4 Å². The summed E-state index contributed by atoms with van der Waals surface area (Å²) in [5.74, 6) is 0.310. The maximum Gasteiger partial charge on any atom is 0.337 e. The van der Waals surface area contributed by atoms with Gasteiger partial charge >= 0.3 is 5.97 Å². The Morgan fingerprint density at radius 3 is 2.48 bits per heavy atom. The van der Waals surface area contributed by atoms with Crippen LogP contribution in [0.1, 0.15) is 10.4 Å². The molecule has 0 atom stereocenters. The van der Waals surface area contributed by atoms with Crippen LogP contribution in [0.5, 0.6) is 0 Å². The van der Waals surface area contributed by atoms with Crippen molar-refractivity contribution in [3.8, 4) is 11.4 Å². The molecule has 0 spiro atoms. The first-order valence-electron chi connectivity index (χ1n) is 6.12. The third-order valence-electron chi connectivity index (χ3n) is 3.10. The van der Waals surface area contributed by atoms with Gasteiger partial charge in [-0.3, -0.25) is 0 Å². The molecule has 2 aromatic carbocycles. The molecular formula is C15H10Cl2N2O2. The number of carbonyl (C=O) groups excluding carboxylic acids is 1. The summed E-state index contributed by atoms with van der Waals surface area (Å²) in [5.41, 5.74) is 2.88. The molecule has 0 amide bonds. The minimum absolute atomic E-state index is 0.371. The molecule has 0 radical (unpaired) electrons. The summed E-state index contributed by atoms with van der Waals surface area (Å²) in [6.45, 7) is 0. The molecule has 3 rings (SSSR count). The SMILES string of the molecule is COC(=O)c1ccc(-c2nc3cc(Cl)c(Cl)cc3[nH]2)cc1. The van der Waals surface area contributed by atoms with E-state index < -0.39 is 0 Å². The van der Waals surface area contributed by atoms with E-state index in [1.165, 1.54) is 7.11 Å². The van der Waals surface area contributed by atoms with Crippen LogP contribution in [-0.4, -0.2) is 23.0 Å². The van der Waals surface area contributed by atoms with Crippen molar-refractivity contribution in [2.45, 2.75) is 0 Å². The predicted molar refractivity (Wildman–Crippen MR) is 82.9 cm³/mol. The van der Waals surface area contributed by atoms with Crippen molar-refractivity contribution in [3.05, 3.63) is 52.0 Å². The van der Waals surface area contributed by atoms with Crippen molar-refractivity contribution in [1.82, 2.24) is 9.97 Å². The summed E-state index contributed by atoms with van der Waals surface area (Å²) in [6.07, 6.45) is 0. The van der Waals surface area contributed by atoms with Crippen LogP contribution in [0.2, 0.25) is 10.0 Å². The monoisotopic (exact) mass is 320 g/mol. The van der Waals surface area contributed by atoms with E-state index in [2.05, 4.69) is 14.7 Å². The molecule has 0 saturated carbocycles. The number of methoxy groups -OCH3 is 1. The van der Waals surface area contributed by atoms with Crippen LogP contribution >= 0.6 is 23.2 Å². The highest BCUT2D eigenvalue weighted by Gasteiger charge is 2.10. The molecule has 0 fully saturated rings. The number of H-pyrrole nitrogens is 1. The number of nitrogens with one attached hydrogen (secondary N) is 1. The largest absolute Gasteiger partial charge is 0.465 e. The average Bonchev–Trinajstić information content (AvgIpc) is 2.90. The molecule has 0 unspecified atom stereocenters. The van der Waals surface area contributed by atoms with Crippen LogP contribution in [0, 0.1) is 0 Å². The summed E-state index contributed by atoms with van der Waals surface area (Å²) in [6, 6.07) is 10.4. The molecule has 4 nitrogen and oxygen atoms in total. The van der Waals surface area contributed by atoms with Crippen LogP contribution in [-0.2, 0) is 4.74 Å². The zero-order valence-electron chi connectivity index (χ0n) is 11.0. The Bertz CT molecular complexity index is 787. The zero-order valence-corrected chi connectivity index (χ0v) is 12.5. The Labute approximate surface area is 130 Å². The smallest absolute Gasteiger partial charge is 0.337 e. The van der Waals surface area contributed by atoms with Crippen LogP contribution in [0.15, 0.2) is 36.4 Å². The second kappa shape index (κ2) is 5.39. The molecule has 0 aliphatic carbocycles. The summed E-state index contributed by atoms with van der Waals surface area (Å²) >= 11 is 12.0. The Balaban J connectivity index is 2.02. The first-order chi connectivity index (χ1) is 10.1. The van der Waals surface area contributed by atoms with Crippen LogP contribution < -0.4 is 0 Å². The Kier molecular flexibility index (Phi) is 3.57. The first-order valence-corrected chi connectivity index (χ1v) is 6.87. The van der Waals surface area contributed by atoms with Crippen molar-refractivity contribution in [2.24, 2.45) is 0 Å². The van der Waals surface area contributed by atoms with E-state index in [1.54, 1.807) is 36.4 Å². The van der Waals surface area contributed by atoms with E-state index in [-0.39, 0.29) is 5.97 Å². The summed E-state index contributed by atoms with van der Waals surface area (Å²) in [7, 11) is 1.35. The highest BCUT2D eigenvalue weighted by atomic mass is 35.5. The molecule has 1 aromatic heterocycles. The number of benzene rings is 2. The van der Waals surface area contributed by atoms with Crippen LogP contribution in [0.3, 0.4) is 0 Å². The van der Waals surface area contributed by atoms with Crippen molar-refractivity contribution in [3.63, 3.8) is 0 Å². The molecule has 1 N–H and O–H groups in total. The fourth-order valence-corrected chi connectivity index (χ4v) is 2.35. The van der Waals surface area contributed by atoms with Crippen molar-refractivity contribution < 1.29 is 9.53 Å². The highest BCUT2D eigenvalue weighted by Crippen LogP contribution is 2.28. The Morgan fingerprint density at radius 1 is 1.14 bits per heavy atom. The molecule has 106 valence electrons. The van der Waals surface area contributed by atoms with E-state index in [9.17, 15) is 4.79 Å². The zero-order chi connectivity index (χ0) is 15.0. The fourth-order valence-electron chi connectivity index (χ4n) is 2.02. The number of halogens is 2. The van der Waals surface area contributed by atoms with Gasteiger partial charge in [-0.15, -0.1) is 0 Å². The van der Waals surface area contributed by atoms with Crippen molar-refractivity contribution in [1.29, 1.82) is 0 Å². The Morgan fingerprint density at radius 2 is 1.81 bits per heavy atom. The predicted octanol–water partition coefficient (Wildman–Crippen LogP) is 4.32. The summed E-state index contributed by atoms with van der Waals surface area (Å²) in [4.78, 5) is 19.0. The highest BCUT2D eigenvalue weighted by molar-refractivity contribution is 6.42. The van der Waals surface area contributed by atoms with Gasteiger partial charge in [-0.2, -0.15) is 0 Å². The van der Waals surface area contributed by atoms with Gasteiger partial charge in [-0.05, 0) is 24.3 Å². The normalized spacial score (nSPS) is 10.8. The quantitative estimate of drug-likeness (QED) is 0.715. The van der Waals surface area contributed by atoms with Gasteiger partial charge in [0.2, 0.25) is 0 Å². The number of fused-ring (bicyclic) bond motifs is 1. The summed E-state index contributed by atoms with van der Waals surface area (Å²) < 4.78 is 4.66. The third-order valence-corrected chi connectivity index (χ3v) is 3.83. The second-order valence-electron chi connectivity index (χ2n) is 4.44. The van der Waals surface area contributed by atoms with Gasteiger partial charge in [-0.1, -0.05) is 35.3 Å². The number of ether oxygens (including phenoxy) is 1. The lowest BCUT2D eigenvalue weighted by atomic mass is 10.1. The van der Waals surface area contributed by atoms with Crippen molar-refractivity contribution in [2.75, 3.05) is 7.11 Å². The third kappa shape index (κ3) is 2.60. The number of hydrogen-bond donors (Lipinski definition) is 1. The lowest BCUT2D eigenvalue weighted by Gasteiger charge is -2.00. The lowest BCUT2D eigenvalue weighted by molar-refractivity contribution is 0.0601. The number of imidazole rings is 1. The average molecular weight is 321 g/mol. The molecule has 6 heteroatoms. The molecule has 0 saturated heterocycles. The van der Waals surface area contributed by atoms with E-state index in [0.717, 1.165) is 16.6 Å². The lowest BCUT2D eigenvalue weighted by Crippen LogP contribution is -2.00. The van der Waals surface area contributed by atoms with E-state index in [4.69, 9.17) is 23.2 Å². The van der Waals surface area contributed by atoms with Gasteiger partial charge in [0.05, 0.1) is 33.8 Å². The number of aromatic amines is 1. The van der Waals surface area contributed by atoms with Gasteiger partial charge in [0.1, 0.15) is 5.82 Å². The first kappa shape index (κ1) is 13.9. The molecule has 0 bridgehead atoms. The summed E-state index contributed by atoms with van der Waals surface area (Å²) in [5, 5.41) is 0.934. The number of nitrogens with zero attached hydrogens (tertiary/aromatic N) is 1. The van der Waals surface area contributed by atoms with Gasteiger partial charge in [0.25, 0.3) is 0 Å². The molecule has 0 aliphatic heterocycles. The maximum atomic E-state index is 11.4. The number of carbonyl (C=O) groups is 1. The van der Waals surface area contributed by atoms with E-state index in [1.807, 2.05) is 0 Å². The van der Waals surface area contributed by atoms with Gasteiger partial charge in [0.15, 0.2) is 0 Å². The number of hydrogen-bond acceptors (Lipinski definition) is 3. The minimum Gasteiger partial charge on any atom is -0.465 e. The molecule has 3 aromatic rings. The maximum absolute atomic E-state index is 11.4. The second-order valence-corrected chi connectivity index (χ2v) is 5.25. The van der Waals surface area contributed by atoms with Gasteiger partial charge < -0.3 is 9.72 Å². The van der Waals surface area contributed by atoms with Crippen LogP contribution in [0.25, 0.3) is 22.4 Å². The standard InChI is InChI=1S/C15H10Cl2N2O2/c1-21-15(20)9-4-2-8(3-5-9)14-18-12-6-10(16)11(17)7-13(12)19-14/h2-7H,1H3,(H,18,19). The van der Waals surface area contributed by atoms with Crippen molar-refractivity contribution >= 4 is 40.2 Å². The number of esters is 1. The Hall–Kier alpha value is -2.04. The molecular weight excluding hydrogens is 311 g/mol. The van der Waals surface area contributed by atoms with E-state index >= 15 is 0 Å². The number of aromatic nitrogens is 2. The van der Waals surface area contributed by atoms with Gasteiger partial charge in [-0.25, -0.2) is 9.78 Å². The van der Waals surface area contributed by atoms with Gasteiger partial charge in [0, 0.05) is 5.56 Å². The topological polar surface area (TPSA) is 55.0 Å². The molecule has 21 heavy (non-hydrogen) atoms. The molecule has 0 aliphatic rings. The minimum atomic E-state index is -0.371. The van der Waals surface area contributed by atoms with Crippen LogP contribution in [0.4, 0.5) is 0 Å².